The quantitative estimate of drug-likeness (QED) is 0.780. The maximum absolute atomic E-state index is 12.0. The van der Waals surface area contributed by atoms with Gasteiger partial charge in [0.05, 0.1) is 0 Å². The summed E-state index contributed by atoms with van der Waals surface area (Å²) in [6.07, 6.45) is 0. The van der Waals surface area contributed by atoms with E-state index in [1.165, 1.54) is 37.9 Å². The number of aromatic hydroxyl groups is 1. The van der Waals surface area contributed by atoms with Gasteiger partial charge >= 0.3 is 5.97 Å². The molecule has 0 saturated heterocycles. The number of carbonyl (C=O) groups is 2. The van der Waals surface area contributed by atoms with Gasteiger partial charge in [-0.1, -0.05) is 0 Å². The van der Waals surface area contributed by atoms with E-state index in [0.717, 1.165) is 0 Å². The molecule has 0 aliphatic heterocycles. The van der Waals surface area contributed by atoms with Crippen LogP contribution in [0.4, 0.5) is 5.69 Å². The number of amides is 1. The Balaban J connectivity index is 2.98. The first kappa shape index (κ1) is 13.0. The van der Waals surface area contributed by atoms with E-state index < -0.39 is 17.3 Å². The van der Waals surface area contributed by atoms with Gasteiger partial charge in [-0.05, 0) is 38.1 Å². The SMILES string of the molecule is CN(C(=O)C(C)(C)C(=O)O)c1ccc(O)cc1. The maximum atomic E-state index is 12.0. The molecule has 0 unspecified atom stereocenters. The topological polar surface area (TPSA) is 77.8 Å². The fourth-order valence-corrected chi connectivity index (χ4v) is 1.30. The summed E-state index contributed by atoms with van der Waals surface area (Å²) in [4.78, 5) is 24.2. The fraction of sp³-hybridized carbons (Fsp3) is 0.333. The summed E-state index contributed by atoms with van der Waals surface area (Å²) < 4.78 is 0. The highest BCUT2D eigenvalue weighted by molar-refractivity contribution is 6.08. The highest BCUT2D eigenvalue weighted by atomic mass is 16.4. The maximum Gasteiger partial charge on any atom is 0.318 e. The molecule has 0 aliphatic rings. The third kappa shape index (κ3) is 2.55. The molecule has 0 aromatic heterocycles. The van der Waals surface area contributed by atoms with Crippen LogP contribution in [-0.4, -0.2) is 29.1 Å². The predicted octanol–water partition coefficient (Wildman–Crippen LogP) is 1.47. The van der Waals surface area contributed by atoms with E-state index in [1.807, 2.05) is 0 Å². The molecule has 17 heavy (non-hydrogen) atoms. The van der Waals surface area contributed by atoms with Crippen LogP contribution in [0.5, 0.6) is 5.75 Å². The standard InChI is InChI=1S/C12H15NO4/c1-12(2,11(16)17)10(15)13(3)8-4-6-9(14)7-5-8/h4-7,14H,1-3H3,(H,16,17). The number of hydrogen-bond donors (Lipinski definition) is 2. The number of hydrogen-bond acceptors (Lipinski definition) is 3. The number of phenolic OH excluding ortho intramolecular Hbond substituents is 1. The van der Waals surface area contributed by atoms with Crippen LogP contribution in [0, 0.1) is 5.41 Å². The fourth-order valence-electron chi connectivity index (χ4n) is 1.30. The summed E-state index contributed by atoms with van der Waals surface area (Å²) in [6, 6.07) is 5.97. The normalized spacial score (nSPS) is 11.0. The molecule has 1 rings (SSSR count). The predicted molar refractivity (Wildman–Crippen MR) is 62.9 cm³/mol. The van der Waals surface area contributed by atoms with E-state index in [-0.39, 0.29) is 5.75 Å². The van der Waals surface area contributed by atoms with Crippen LogP contribution in [0.25, 0.3) is 0 Å². The number of aliphatic carboxylic acids is 1. The van der Waals surface area contributed by atoms with Crippen LogP contribution in [0.15, 0.2) is 24.3 Å². The smallest absolute Gasteiger partial charge is 0.318 e. The molecule has 1 amide bonds. The number of benzene rings is 1. The molecule has 0 aliphatic carbocycles. The molecule has 0 atom stereocenters. The highest BCUT2D eigenvalue weighted by Crippen LogP contribution is 2.24. The van der Waals surface area contributed by atoms with E-state index in [0.29, 0.717) is 5.69 Å². The second-order valence-electron chi connectivity index (χ2n) is 4.31. The van der Waals surface area contributed by atoms with Crippen molar-refractivity contribution in [3.05, 3.63) is 24.3 Å². The van der Waals surface area contributed by atoms with E-state index in [1.54, 1.807) is 12.1 Å². The van der Waals surface area contributed by atoms with Crippen molar-refractivity contribution in [2.24, 2.45) is 5.41 Å². The number of phenols is 1. The molecular formula is C12H15NO4. The molecule has 2 N–H and O–H groups in total. The Kier molecular flexibility index (Phi) is 3.41. The summed E-state index contributed by atoms with van der Waals surface area (Å²) in [6.45, 7) is 2.71. The molecule has 0 radical (unpaired) electrons. The lowest BCUT2D eigenvalue weighted by atomic mass is 9.92. The first-order valence-corrected chi connectivity index (χ1v) is 5.07. The lowest BCUT2D eigenvalue weighted by Gasteiger charge is -2.25. The molecule has 0 fully saturated rings. The summed E-state index contributed by atoms with van der Waals surface area (Å²) in [5, 5.41) is 18.1. The highest BCUT2D eigenvalue weighted by Gasteiger charge is 2.38. The summed E-state index contributed by atoms with van der Waals surface area (Å²) in [5.41, 5.74) is -0.950. The largest absolute Gasteiger partial charge is 0.508 e. The van der Waals surface area contributed by atoms with Gasteiger partial charge < -0.3 is 15.1 Å². The minimum Gasteiger partial charge on any atom is -0.508 e. The number of carboxylic acids is 1. The summed E-state index contributed by atoms with van der Waals surface area (Å²) in [5.74, 6) is -1.60. The molecule has 0 saturated carbocycles. The van der Waals surface area contributed by atoms with Gasteiger partial charge in [0.15, 0.2) is 0 Å². The van der Waals surface area contributed by atoms with Crippen LogP contribution in [0.2, 0.25) is 0 Å². The minimum absolute atomic E-state index is 0.0899. The Bertz CT molecular complexity index is 436. The van der Waals surface area contributed by atoms with Crippen molar-refractivity contribution in [1.82, 2.24) is 0 Å². The molecule has 0 heterocycles. The Morgan fingerprint density at radius 2 is 1.65 bits per heavy atom. The second kappa shape index (κ2) is 4.45. The average molecular weight is 237 g/mol. The molecule has 1 aromatic rings. The third-order valence-corrected chi connectivity index (χ3v) is 2.61. The van der Waals surface area contributed by atoms with Gasteiger partial charge in [0, 0.05) is 12.7 Å². The number of nitrogens with zero attached hydrogens (tertiary/aromatic N) is 1. The molecule has 0 bridgehead atoms. The van der Waals surface area contributed by atoms with Gasteiger partial charge in [-0.25, -0.2) is 0 Å². The van der Waals surface area contributed by atoms with E-state index >= 15 is 0 Å². The summed E-state index contributed by atoms with van der Waals surface area (Å²) in [7, 11) is 1.50. The average Bonchev–Trinajstić information content (AvgIpc) is 2.27. The third-order valence-electron chi connectivity index (χ3n) is 2.61. The van der Waals surface area contributed by atoms with E-state index in [2.05, 4.69) is 0 Å². The molecule has 5 heteroatoms. The van der Waals surface area contributed by atoms with E-state index in [4.69, 9.17) is 10.2 Å². The second-order valence-corrected chi connectivity index (χ2v) is 4.31. The number of carboxylic acid groups (broad SMARTS) is 1. The van der Waals surface area contributed by atoms with Crippen molar-refractivity contribution in [1.29, 1.82) is 0 Å². The first-order valence-electron chi connectivity index (χ1n) is 5.07. The van der Waals surface area contributed by atoms with Gasteiger partial charge in [0.1, 0.15) is 11.2 Å². The Hall–Kier alpha value is -2.04. The van der Waals surface area contributed by atoms with Gasteiger partial charge in [0.25, 0.3) is 0 Å². The van der Waals surface area contributed by atoms with Gasteiger partial charge in [-0.2, -0.15) is 0 Å². The number of carbonyl (C=O) groups excluding carboxylic acids is 1. The molecule has 92 valence electrons. The van der Waals surface area contributed by atoms with Crippen LogP contribution in [-0.2, 0) is 9.59 Å². The zero-order valence-corrected chi connectivity index (χ0v) is 9.97. The Morgan fingerprint density at radius 3 is 2.06 bits per heavy atom. The molecule has 0 spiro atoms. The lowest BCUT2D eigenvalue weighted by Crippen LogP contribution is -2.43. The summed E-state index contributed by atoms with van der Waals surface area (Å²) >= 11 is 0. The zero-order chi connectivity index (χ0) is 13.2. The van der Waals surface area contributed by atoms with Gasteiger partial charge in [0.2, 0.25) is 5.91 Å². The van der Waals surface area contributed by atoms with Crippen LogP contribution >= 0.6 is 0 Å². The zero-order valence-electron chi connectivity index (χ0n) is 9.97. The lowest BCUT2D eigenvalue weighted by molar-refractivity contribution is -0.152. The molecule has 5 nitrogen and oxygen atoms in total. The number of anilines is 1. The van der Waals surface area contributed by atoms with Gasteiger partial charge in [-0.3, -0.25) is 9.59 Å². The van der Waals surface area contributed by atoms with Crippen molar-refractivity contribution < 1.29 is 19.8 Å². The van der Waals surface area contributed by atoms with Crippen molar-refractivity contribution in [3.8, 4) is 5.75 Å². The first-order chi connectivity index (χ1) is 7.76. The van der Waals surface area contributed by atoms with Crippen molar-refractivity contribution in [3.63, 3.8) is 0 Å². The van der Waals surface area contributed by atoms with Crippen LogP contribution < -0.4 is 4.90 Å². The van der Waals surface area contributed by atoms with Crippen molar-refractivity contribution in [2.75, 3.05) is 11.9 Å². The van der Waals surface area contributed by atoms with E-state index in [9.17, 15) is 9.59 Å². The number of rotatable bonds is 3. The van der Waals surface area contributed by atoms with Crippen LogP contribution in [0.3, 0.4) is 0 Å². The van der Waals surface area contributed by atoms with Crippen LogP contribution in [0.1, 0.15) is 13.8 Å². The Morgan fingerprint density at radius 1 is 1.18 bits per heavy atom. The molecule has 1 aromatic carbocycles. The Labute approximate surface area is 99.3 Å². The molecular weight excluding hydrogens is 222 g/mol. The van der Waals surface area contributed by atoms with Gasteiger partial charge in [-0.15, -0.1) is 0 Å². The van der Waals surface area contributed by atoms with Crippen molar-refractivity contribution in [2.45, 2.75) is 13.8 Å². The van der Waals surface area contributed by atoms with Crippen molar-refractivity contribution >= 4 is 17.6 Å². The minimum atomic E-state index is -1.48. The monoisotopic (exact) mass is 237 g/mol.